The SMILES string of the molecule is O=C(NCCN1CCOCC1)C1CCNC1. The first-order valence-corrected chi connectivity index (χ1v) is 6.15. The summed E-state index contributed by atoms with van der Waals surface area (Å²) in [4.78, 5) is 14.0. The van der Waals surface area contributed by atoms with E-state index in [2.05, 4.69) is 15.5 Å². The van der Waals surface area contributed by atoms with Gasteiger partial charge in [0.2, 0.25) is 5.91 Å². The zero-order valence-electron chi connectivity index (χ0n) is 9.71. The largest absolute Gasteiger partial charge is 0.379 e. The maximum Gasteiger partial charge on any atom is 0.224 e. The fourth-order valence-corrected chi connectivity index (χ4v) is 2.18. The minimum Gasteiger partial charge on any atom is -0.379 e. The number of amides is 1. The van der Waals surface area contributed by atoms with Gasteiger partial charge in [-0.25, -0.2) is 0 Å². The Morgan fingerprint density at radius 1 is 1.44 bits per heavy atom. The van der Waals surface area contributed by atoms with Crippen LogP contribution in [0, 0.1) is 5.92 Å². The number of nitrogens with zero attached hydrogens (tertiary/aromatic N) is 1. The molecule has 92 valence electrons. The third kappa shape index (κ3) is 3.43. The van der Waals surface area contributed by atoms with Gasteiger partial charge < -0.3 is 15.4 Å². The van der Waals surface area contributed by atoms with Crippen LogP contribution in [0.2, 0.25) is 0 Å². The van der Waals surface area contributed by atoms with Crippen molar-refractivity contribution in [2.45, 2.75) is 6.42 Å². The molecule has 2 saturated heterocycles. The third-order valence-electron chi connectivity index (χ3n) is 3.26. The molecule has 2 rings (SSSR count). The van der Waals surface area contributed by atoms with Gasteiger partial charge in [0.1, 0.15) is 0 Å². The summed E-state index contributed by atoms with van der Waals surface area (Å²) in [6.07, 6.45) is 0.976. The molecule has 2 N–H and O–H groups in total. The maximum atomic E-state index is 11.7. The van der Waals surface area contributed by atoms with E-state index in [1.165, 1.54) is 0 Å². The molecule has 16 heavy (non-hydrogen) atoms. The van der Waals surface area contributed by atoms with Crippen LogP contribution in [0.5, 0.6) is 0 Å². The average molecular weight is 227 g/mol. The van der Waals surface area contributed by atoms with Crippen molar-refractivity contribution >= 4 is 5.91 Å². The molecule has 0 aromatic rings. The highest BCUT2D eigenvalue weighted by atomic mass is 16.5. The lowest BCUT2D eigenvalue weighted by atomic mass is 10.1. The summed E-state index contributed by atoms with van der Waals surface area (Å²) >= 11 is 0. The van der Waals surface area contributed by atoms with Gasteiger partial charge in [0, 0.05) is 32.7 Å². The highest BCUT2D eigenvalue weighted by molar-refractivity contribution is 5.79. The van der Waals surface area contributed by atoms with Gasteiger partial charge in [-0.05, 0) is 13.0 Å². The minimum atomic E-state index is 0.185. The van der Waals surface area contributed by atoms with Gasteiger partial charge in [0.15, 0.2) is 0 Å². The number of carbonyl (C=O) groups excluding carboxylic acids is 1. The molecule has 1 atom stereocenters. The minimum absolute atomic E-state index is 0.185. The fourth-order valence-electron chi connectivity index (χ4n) is 2.18. The van der Waals surface area contributed by atoms with Gasteiger partial charge >= 0.3 is 0 Å². The molecule has 2 fully saturated rings. The summed E-state index contributed by atoms with van der Waals surface area (Å²) in [6, 6.07) is 0. The molecule has 0 saturated carbocycles. The van der Waals surface area contributed by atoms with Crippen molar-refractivity contribution in [1.29, 1.82) is 0 Å². The molecule has 1 unspecified atom stereocenters. The summed E-state index contributed by atoms with van der Waals surface area (Å²) in [5.41, 5.74) is 0. The van der Waals surface area contributed by atoms with E-state index in [4.69, 9.17) is 4.74 Å². The Morgan fingerprint density at radius 2 is 2.25 bits per heavy atom. The van der Waals surface area contributed by atoms with E-state index < -0.39 is 0 Å². The van der Waals surface area contributed by atoms with E-state index in [1.54, 1.807) is 0 Å². The standard InChI is InChI=1S/C11H21N3O2/c15-11(10-1-2-12-9-10)13-3-4-14-5-7-16-8-6-14/h10,12H,1-9H2,(H,13,15). The van der Waals surface area contributed by atoms with E-state index in [0.29, 0.717) is 0 Å². The van der Waals surface area contributed by atoms with Crippen molar-refractivity contribution in [2.75, 3.05) is 52.5 Å². The van der Waals surface area contributed by atoms with Crippen LogP contribution in [0.3, 0.4) is 0 Å². The number of ether oxygens (including phenoxy) is 1. The van der Waals surface area contributed by atoms with Crippen LogP contribution in [-0.4, -0.2) is 63.3 Å². The highest BCUT2D eigenvalue weighted by Gasteiger charge is 2.21. The molecule has 1 amide bonds. The molecule has 2 heterocycles. The Labute approximate surface area is 96.5 Å². The van der Waals surface area contributed by atoms with Gasteiger partial charge in [-0.2, -0.15) is 0 Å². The molecular weight excluding hydrogens is 206 g/mol. The monoisotopic (exact) mass is 227 g/mol. The van der Waals surface area contributed by atoms with Gasteiger partial charge in [-0.1, -0.05) is 0 Å². The summed E-state index contributed by atoms with van der Waals surface area (Å²) in [5.74, 6) is 0.392. The molecule has 0 aromatic heterocycles. The quantitative estimate of drug-likeness (QED) is 0.650. The van der Waals surface area contributed by atoms with Gasteiger partial charge in [0.05, 0.1) is 19.1 Å². The number of morpholine rings is 1. The topological polar surface area (TPSA) is 53.6 Å². The van der Waals surface area contributed by atoms with E-state index in [0.717, 1.165) is 58.9 Å². The average Bonchev–Trinajstić information content (AvgIpc) is 2.84. The molecule has 0 aliphatic carbocycles. The summed E-state index contributed by atoms with van der Waals surface area (Å²) in [7, 11) is 0. The van der Waals surface area contributed by atoms with Crippen molar-refractivity contribution in [1.82, 2.24) is 15.5 Å². The van der Waals surface area contributed by atoms with E-state index >= 15 is 0 Å². The normalized spacial score (nSPS) is 26.9. The second-order valence-corrected chi connectivity index (χ2v) is 4.43. The maximum absolute atomic E-state index is 11.7. The Hall–Kier alpha value is -0.650. The second kappa shape index (κ2) is 6.18. The van der Waals surface area contributed by atoms with E-state index in [9.17, 15) is 4.79 Å². The zero-order valence-corrected chi connectivity index (χ0v) is 9.71. The van der Waals surface area contributed by atoms with E-state index in [1.807, 2.05) is 0 Å². The lowest BCUT2D eigenvalue weighted by molar-refractivity contribution is -0.124. The molecule has 0 radical (unpaired) electrons. The lowest BCUT2D eigenvalue weighted by Crippen LogP contribution is -2.42. The van der Waals surface area contributed by atoms with Crippen LogP contribution in [0.25, 0.3) is 0 Å². The van der Waals surface area contributed by atoms with Crippen molar-refractivity contribution in [3.8, 4) is 0 Å². The van der Waals surface area contributed by atoms with Crippen molar-refractivity contribution in [3.05, 3.63) is 0 Å². The molecule has 0 bridgehead atoms. The number of carbonyl (C=O) groups is 1. The van der Waals surface area contributed by atoms with E-state index in [-0.39, 0.29) is 11.8 Å². The van der Waals surface area contributed by atoms with Crippen molar-refractivity contribution in [2.24, 2.45) is 5.92 Å². The smallest absolute Gasteiger partial charge is 0.224 e. The van der Waals surface area contributed by atoms with Gasteiger partial charge in [0.25, 0.3) is 0 Å². The molecular formula is C11H21N3O2. The van der Waals surface area contributed by atoms with Crippen LogP contribution >= 0.6 is 0 Å². The predicted molar refractivity (Wildman–Crippen MR) is 61.2 cm³/mol. The summed E-state index contributed by atoms with van der Waals surface area (Å²) in [6.45, 7) is 7.12. The lowest BCUT2D eigenvalue weighted by Gasteiger charge is -2.26. The number of nitrogens with one attached hydrogen (secondary N) is 2. The van der Waals surface area contributed by atoms with Crippen molar-refractivity contribution in [3.63, 3.8) is 0 Å². The Morgan fingerprint density at radius 3 is 2.94 bits per heavy atom. The third-order valence-corrected chi connectivity index (χ3v) is 3.26. The van der Waals surface area contributed by atoms with Gasteiger partial charge in [-0.3, -0.25) is 9.69 Å². The second-order valence-electron chi connectivity index (χ2n) is 4.43. The van der Waals surface area contributed by atoms with Crippen LogP contribution in [-0.2, 0) is 9.53 Å². The number of hydrogen-bond acceptors (Lipinski definition) is 4. The Kier molecular flexibility index (Phi) is 4.56. The number of rotatable bonds is 4. The fraction of sp³-hybridized carbons (Fsp3) is 0.909. The predicted octanol–water partition coefficient (Wildman–Crippen LogP) is -0.956. The molecule has 5 nitrogen and oxygen atoms in total. The first-order valence-electron chi connectivity index (χ1n) is 6.15. The molecule has 5 heteroatoms. The Balaban J connectivity index is 1.57. The van der Waals surface area contributed by atoms with Crippen LogP contribution in [0.15, 0.2) is 0 Å². The first kappa shape index (κ1) is 11.8. The van der Waals surface area contributed by atoms with Crippen molar-refractivity contribution < 1.29 is 9.53 Å². The molecule has 0 spiro atoms. The Bertz CT molecular complexity index is 223. The van der Waals surface area contributed by atoms with Crippen LogP contribution < -0.4 is 10.6 Å². The van der Waals surface area contributed by atoms with Crippen LogP contribution in [0.4, 0.5) is 0 Å². The molecule has 2 aliphatic rings. The van der Waals surface area contributed by atoms with Crippen LogP contribution in [0.1, 0.15) is 6.42 Å². The zero-order chi connectivity index (χ0) is 11.2. The summed E-state index contributed by atoms with van der Waals surface area (Å²) < 4.78 is 5.27. The highest BCUT2D eigenvalue weighted by Crippen LogP contribution is 2.06. The summed E-state index contributed by atoms with van der Waals surface area (Å²) in [5, 5.41) is 6.22. The number of hydrogen-bond donors (Lipinski definition) is 2. The first-order chi connectivity index (χ1) is 7.86. The molecule has 2 aliphatic heterocycles. The molecule has 0 aromatic carbocycles. The van der Waals surface area contributed by atoms with Gasteiger partial charge in [-0.15, -0.1) is 0 Å².